The van der Waals surface area contributed by atoms with Gasteiger partial charge in [0.25, 0.3) is 0 Å². The van der Waals surface area contributed by atoms with E-state index in [-0.39, 0.29) is 12.1 Å². The van der Waals surface area contributed by atoms with Crippen LogP contribution in [-0.4, -0.2) is 11.0 Å². The van der Waals surface area contributed by atoms with E-state index in [1.807, 2.05) is 60.7 Å². The third kappa shape index (κ3) is 5.18. The Morgan fingerprint density at radius 1 is 0.880 bits per heavy atom. The van der Waals surface area contributed by atoms with Crippen LogP contribution in [-0.2, 0) is 13.0 Å². The number of aromatic nitrogens is 1. The molecule has 1 unspecified atom stereocenters. The molecule has 1 aromatic heterocycles. The molecule has 0 aliphatic rings. The maximum Gasteiger partial charge on any atom is 0.315 e. The number of carbonyl (C=O) groups is 1. The lowest BCUT2D eigenvalue weighted by Crippen LogP contribution is -2.38. The number of hydrogen-bond acceptors (Lipinski definition) is 2. The fraction of sp³-hybridized carbons (Fsp3) is 0.143. The highest BCUT2D eigenvalue weighted by Gasteiger charge is 2.15. The maximum absolute atomic E-state index is 12.3. The SMILES string of the molecule is O=C(NCc1cccnc1)NC(Cc1ccccc1)c1ccccc1. The highest BCUT2D eigenvalue weighted by molar-refractivity contribution is 5.74. The van der Waals surface area contributed by atoms with E-state index in [1.54, 1.807) is 12.4 Å². The van der Waals surface area contributed by atoms with Crippen molar-refractivity contribution in [3.63, 3.8) is 0 Å². The molecular formula is C21H21N3O. The maximum atomic E-state index is 12.3. The average Bonchev–Trinajstić information content (AvgIpc) is 2.68. The minimum Gasteiger partial charge on any atom is -0.334 e. The first-order valence-electron chi connectivity index (χ1n) is 8.33. The van der Waals surface area contributed by atoms with Crippen LogP contribution in [0.25, 0.3) is 0 Å². The Balaban J connectivity index is 1.66. The predicted octanol–water partition coefficient (Wildman–Crippen LogP) is 3.86. The summed E-state index contributed by atoms with van der Waals surface area (Å²) < 4.78 is 0. The largest absolute Gasteiger partial charge is 0.334 e. The second-order valence-corrected chi connectivity index (χ2v) is 5.84. The molecule has 0 saturated heterocycles. The molecule has 4 heteroatoms. The molecular weight excluding hydrogens is 310 g/mol. The highest BCUT2D eigenvalue weighted by Crippen LogP contribution is 2.18. The summed E-state index contributed by atoms with van der Waals surface area (Å²) in [6.07, 6.45) is 4.21. The molecule has 2 amide bonds. The van der Waals surface area contributed by atoms with Gasteiger partial charge in [-0.3, -0.25) is 4.98 Å². The predicted molar refractivity (Wildman–Crippen MR) is 98.9 cm³/mol. The van der Waals surface area contributed by atoms with Gasteiger partial charge < -0.3 is 10.6 Å². The lowest BCUT2D eigenvalue weighted by atomic mass is 9.99. The van der Waals surface area contributed by atoms with Gasteiger partial charge in [0.1, 0.15) is 0 Å². The normalized spacial score (nSPS) is 11.5. The lowest BCUT2D eigenvalue weighted by Gasteiger charge is -2.20. The molecule has 2 aromatic carbocycles. The van der Waals surface area contributed by atoms with Crippen molar-refractivity contribution in [2.75, 3.05) is 0 Å². The Morgan fingerprint density at radius 2 is 1.56 bits per heavy atom. The third-order valence-electron chi connectivity index (χ3n) is 3.97. The van der Waals surface area contributed by atoms with Crippen molar-refractivity contribution < 1.29 is 4.79 Å². The van der Waals surface area contributed by atoms with Crippen molar-refractivity contribution in [2.45, 2.75) is 19.0 Å². The summed E-state index contributed by atoms with van der Waals surface area (Å²) in [6.45, 7) is 0.451. The van der Waals surface area contributed by atoms with Gasteiger partial charge in [-0.15, -0.1) is 0 Å². The summed E-state index contributed by atoms with van der Waals surface area (Å²) in [5, 5.41) is 5.98. The zero-order chi connectivity index (χ0) is 17.3. The summed E-state index contributed by atoms with van der Waals surface area (Å²) in [5.74, 6) is 0. The molecule has 4 nitrogen and oxygen atoms in total. The Labute approximate surface area is 147 Å². The van der Waals surface area contributed by atoms with Crippen LogP contribution < -0.4 is 10.6 Å². The standard InChI is InChI=1S/C21H21N3O/c25-21(23-16-18-10-7-13-22-15-18)24-20(19-11-5-2-6-12-19)14-17-8-3-1-4-9-17/h1-13,15,20H,14,16H2,(H2,23,24,25). The fourth-order valence-electron chi connectivity index (χ4n) is 2.68. The molecule has 2 N–H and O–H groups in total. The van der Waals surface area contributed by atoms with Crippen LogP contribution in [0.3, 0.4) is 0 Å². The van der Waals surface area contributed by atoms with E-state index in [4.69, 9.17) is 0 Å². The number of urea groups is 1. The van der Waals surface area contributed by atoms with Crippen LogP contribution >= 0.6 is 0 Å². The highest BCUT2D eigenvalue weighted by atomic mass is 16.2. The van der Waals surface area contributed by atoms with Crippen molar-refractivity contribution in [1.29, 1.82) is 0 Å². The fourth-order valence-corrected chi connectivity index (χ4v) is 2.68. The topological polar surface area (TPSA) is 54.0 Å². The van der Waals surface area contributed by atoms with Crippen LogP contribution in [0.5, 0.6) is 0 Å². The van der Waals surface area contributed by atoms with Crippen LogP contribution in [0.4, 0.5) is 4.79 Å². The Bertz CT molecular complexity index is 776. The Morgan fingerprint density at radius 3 is 2.24 bits per heavy atom. The second kappa shape index (κ2) is 8.64. The van der Waals surface area contributed by atoms with Crippen LogP contribution in [0, 0.1) is 0 Å². The van der Waals surface area contributed by atoms with Crippen LogP contribution in [0.15, 0.2) is 85.2 Å². The van der Waals surface area contributed by atoms with E-state index < -0.39 is 0 Å². The van der Waals surface area contributed by atoms with Crippen LogP contribution in [0.2, 0.25) is 0 Å². The van der Waals surface area contributed by atoms with Crippen molar-refractivity contribution in [1.82, 2.24) is 15.6 Å². The van der Waals surface area contributed by atoms with Crippen LogP contribution in [0.1, 0.15) is 22.7 Å². The molecule has 1 heterocycles. The number of benzene rings is 2. The summed E-state index contributed by atoms with van der Waals surface area (Å²) >= 11 is 0. The average molecular weight is 331 g/mol. The molecule has 126 valence electrons. The van der Waals surface area contributed by atoms with Crippen molar-refractivity contribution in [2.24, 2.45) is 0 Å². The number of nitrogens with zero attached hydrogens (tertiary/aromatic N) is 1. The molecule has 0 fully saturated rings. The van der Waals surface area contributed by atoms with E-state index in [0.29, 0.717) is 6.54 Å². The van der Waals surface area contributed by atoms with Gasteiger partial charge in [0.05, 0.1) is 6.04 Å². The van der Waals surface area contributed by atoms with Crippen molar-refractivity contribution >= 4 is 6.03 Å². The first kappa shape index (κ1) is 16.7. The first-order chi connectivity index (χ1) is 12.3. The van der Waals surface area contributed by atoms with E-state index in [0.717, 1.165) is 17.5 Å². The summed E-state index contributed by atoms with van der Waals surface area (Å²) in [4.78, 5) is 16.4. The number of carbonyl (C=O) groups excluding carboxylic acids is 1. The zero-order valence-electron chi connectivity index (χ0n) is 13.9. The molecule has 0 saturated carbocycles. The van der Waals surface area contributed by atoms with Gasteiger partial charge in [0.2, 0.25) is 0 Å². The Kier molecular flexibility index (Phi) is 5.77. The molecule has 0 aliphatic heterocycles. The minimum atomic E-state index is -0.186. The molecule has 0 radical (unpaired) electrons. The van der Waals surface area contributed by atoms with Gasteiger partial charge in [0.15, 0.2) is 0 Å². The number of nitrogens with one attached hydrogen (secondary N) is 2. The van der Waals surface area contributed by atoms with E-state index in [2.05, 4.69) is 27.8 Å². The monoisotopic (exact) mass is 331 g/mol. The molecule has 0 bridgehead atoms. The number of amides is 2. The lowest BCUT2D eigenvalue weighted by molar-refractivity contribution is 0.236. The minimum absolute atomic E-state index is 0.0856. The number of hydrogen-bond donors (Lipinski definition) is 2. The zero-order valence-corrected chi connectivity index (χ0v) is 13.9. The Hall–Kier alpha value is -3.14. The summed E-state index contributed by atoms with van der Waals surface area (Å²) in [6, 6.07) is 23.7. The van der Waals surface area contributed by atoms with Crippen molar-refractivity contribution in [3.05, 3.63) is 102 Å². The molecule has 3 rings (SSSR count). The summed E-state index contributed by atoms with van der Waals surface area (Å²) in [7, 11) is 0. The quantitative estimate of drug-likeness (QED) is 0.720. The summed E-state index contributed by atoms with van der Waals surface area (Å²) in [5.41, 5.74) is 3.24. The van der Waals surface area contributed by atoms with Gasteiger partial charge in [-0.1, -0.05) is 66.7 Å². The molecule has 25 heavy (non-hydrogen) atoms. The third-order valence-corrected chi connectivity index (χ3v) is 3.97. The molecule has 3 aromatic rings. The van der Waals surface area contributed by atoms with Gasteiger partial charge in [-0.2, -0.15) is 0 Å². The molecule has 0 spiro atoms. The van der Waals surface area contributed by atoms with Gasteiger partial charge in [-0.05, 0) is 29.2 Å². The van der Waals surface area contributed by atoms with E-state index in [1.165, 1.54) is 5.56 Å². The molecule has 1 atom stereocenters. The number of rotatable bonds is 6. The van der Waals surface area contributed by atoms with Gasteiger partial charge >= 0.3 is 6.03 Å². The van der Waals surface area contributed by atoms with E-state index >= 15 is 0 Å². The van der Waals surface area contributed by atoms with Crippen molar-refractivity contribution in [3.8, 4) is 0 Å². The second-order valence-electron chi connectivity index (χ2n) is 5.84. The van der Waals surface area contributed by atoms with Gasteiger partial charge in [-0.25, -0.2) is 4.79 Å². The first-order valence-corrected chi connectivity index (χ1v) is 8.33. The van der Waals surface area contributed by atoms with Gasteiger partial charge in [0, 0.05) is 18.9 Å². The number of pyridine rings is 1. The van der Waals surface area contributed by atoms with E-state index in [9.17, 15) is 4.79 Å². The molecule has 0 aliphatic carbocycles. The smallest absolute Gasteiger partial charge is 0.315 e.